The minimum Gasteiger partial charge on any atom is -0.493 e. The van der Waals surface area contributed by atoms with E-state index in [9.17, 15) is 14.4 Å². The molecule has 2 aliphatic heterocycles. The summed E-state index contributed by atoms with van der Waals surface area (Å²) in [5, 5.41) is 0. The topological polar surface area (TPSA) is 76.2 Å². The van der Waals surface area contributed by atoms with Crippen LogP contribution in [-0.2, 0) is 11.2 Å². The van der Waals surface area contributed by atoms with Crippen molar-refractivity contribution < 1.29 is 23.9 Å². The molecule has 35 heavy (non-hydrogen) atoms. The van der Waals surface area contributed by atoms with Gasteiger partial charge in [-0.3, -0.25) is 19.3 Å². The van der Waals surface area contributed by atoms with Gasteiger partial charge in [-0.2, -0.15) is 0 Å². The number of amides is 3. The summed E-state index contributed by atoms with van der Waals surface area (Å²) in [6.07, 6.45) is 4.83. The smallest absolute Gasteiger partial charge is 0.261 e. The third-order valence-electron chi connectivity index (χ3n) is 7.95. The van der Waals surface area contributed by atoms with E-state index in [4.69, 9.17) is 9.47 Å². The van der Waals surface area contributed by atoms with E-state index in [1.807, 2.05) is 17.0 Å². The van der Waals surface area contributed by atoms with Crippen LogP contribution in [0.3, 0.4) is 0 Å². The van der Waals surface area contributed by atoms with Gasteiger partial charge in [0.25, 0.3) is 11.8 Å². The van der Waals surface area contributed by atoms with E-state index in [1.165, 1.54) is 4.90 Å². The van der Waals surface area contributed by atoms with Crippen molar-refractivity contribution in [2.24, 2.45) is 11.8 Å². The summed E-state index contributed by atoms with van der Waals surface area (Å²) >= 11 is 0. The summed E-state index contributed by atoms with van der Waals surface area (Å²) in [4.78, 5) is 43.5. The van der Waals surface area contributed by atoms with Crippen molar-refractivity contribution in [1.29, 1.82) is 0 Å². The molecule has 7 heteroatoms. The maximum Gasteiger partial charge on any atom is 0.261 e. The molecule has 3 atom stereocenters. The van der Waals surface area contributed by atoms with Gasteiger partial charge in [-0.25, -0.2) is 0 Å². The maximum atomic E-state index is 13.9. The lowest BCUT2D eigenvalue weighted by atomic mass is 9.78. The average Bonchev–Trinajstić information content (AvgIpc) is 3.12. The maximum absolute atomic E-state index is 13.9. The molecule has 7 nitrogen and oxygen atoms in total. The molecular weight excluding hydrogens is 444 g/mol. The van der Waals surface area contributed by atoms with Crippen molar-refractivity contribution in [3.05, 3.63) is 58.7 Å². The summed E-state index contributed by atoms with van der Waals surface area (Å²) in [7, 11) is 3.18. The van der Waals surface area contributed by atoms with Gasteiger partial charge in [-0.15, -0.1) is 0 Å². The SMILES string of the molecule is COc1cc2c(cc1OC)C(CN1C(=O)c3ccccc3C1=O)N(C(=O)C1CCCC[C@H]1C)CC2. The lowest BCUT2D eigenvalue weighted by molar-refractivity contribution is -0.141. The molecule has 184 valence electrons. The van der Waals surface area contributed by atoms with E-state index in [2.05, 4.69) is 6.92 Å². The monoisotopic (exact) mass is 476 g/mol. The highest BCUT2D eigenvalue weighted by atomic mass is 16.5. The molecule has 1 fully saturated rings. The molecule has 0 bridgehead atoms. The molecule has 0 N–H and O–H groups in total. The lowest BCUT2D eigenvalue weighted by Gasteiger charge is -2.42. The fourth-order valence-electron chi connectivity index (χ4n) is 5.96. The van der Waals surface area contributed by atoms with Crippen LogP contribution in [0.5, 0.6) is 11.5 Å². The first kappa shape index (κ1) is 23.4. The van der Waals surface area contributed by atoms with E-state index in [-0.39, 0.29) is 30.2 Å². The Labute approximate surface area is 206 Å². The first-order chi connectivity index (χ1) is 16.9. The molecule has 2 aromatic carbocycles. The lowest BCUT2D eigenvalue weighted by Crippen LogP contribution is -2.49. The molecule has 1 aliphatic carbocycles. The van der Waals surface area contributed by atoms with Crippen molar-refractivity contribution in [3.8, 4) is 11.5 Å². The summed E-state index contributed by atoms with van der Waals surface area (Å²) < 4.78 is 11.1. The zero-order chi connectivity index (χ0) is 24.7. The molecular formula is C28H32N2O5. The van der Waals surface area contributed by atoms with Crippen molar-refractivity contribution in [2.75, 3.05) is 27.3 Å². The van der Waals surface area contributed by atoms with Crippen molar-refractivity contribution >= 4 is 17.7 Å². The first-order valence-electron chi connectivity index (χ1n) is 12.4. The molecule has 2 aromatic rings. The number of methoxy groups -OCH3 is 2. The van der Waals surface area contributed by atoms with E-state index in [1.54, 1.807) is 38.5 Å². The first-order valence-corrected chi connectivity index (χ1v) is 12.4. The molecule has 2 heterocycles. The number of ether oxygens (including phenoxy) is 2. The second kappa shape index (κ2) is 9.36. The quantitative estimate of drug-likeness (QED) is 0.603. The summed E-state index contributed by atoms with van der Waals surface area (Å²) in [6, 6.07) is 10.3. The molecule has 5 rings (SSSR count). The number of benzene rings is 2. The summed E-state index contributed by atoms with van der Waals surface area (Å²) in [5.74, 6) is 0.996. The second-order valence-corrected chi connectivity index (χ2v) is 9.84. The number of fused-ring (bicyclic) bond motifs is 2. The Hall–Kier alpha value is -3.35. The number of hydrogen-bond acceptors (Lipinski definition) is 5. The van der Waals surface area contributed by atoms with Crippen LogP contribution in [0.2, 0.25) is 0 Å². The molecule has 0 saturated heterocycles. The minimum absolute atomic E-state index is 0.0323. The molecule has 3 aliphatic rings. The van der Waals surface area contributed by atoms with Crippen LogP contribution < -0.4 is 9.47 Å². The number of nitrogens with zero attached hydrogens (tertiary/aromatic N) is 2. The zero-order valence-electron chi connectivity index (χ0n) is 20.6. The number of carbonyl (C=O) groups excluding carboxylic acids is 3. The van der Waals surface area contributed by atoms with Gasteiger partial charge in [0.2, 0.25) is 5.91 Å². The van der Waals surface area contributed by atoms with Gasteiger partial charge in [0.1, 0.15) is 0 Å². The fraction of sp³-hybridized carbons (Fsp3) is 0.464. The highest BCUT2D eigenvalue weighted by Gasteiger charge is 2.42. The Kier molecular flexibility index (Phi) is 6.26. The van der Waals surface area contributed by atoms with Gasteiger partial charge in [0.05, 0.1) is 37.9 Å². The average molecular weight is 477 g/mol. The third kappa shape index (κ3) is 3.97. The number of hydrogen-bond donors (Lipinski definition) is 0. The van der Waals surface area contributed by atoms with Crippen LogP contribution in [0.25, 0.3) is 0 Å². The van der Waals surface area contributed by atoms with Crippen molar-refractivity contribution in [3.63, 3.8) is 0 Å². The van der Waals surface area contributed by atoms with Gasteiger partial charge >= 0.3 is 0 Å². The Morgan fingerprint density at radius 2 is 1.60 bits per heavy atom. The van der Waals surface area contributed by atoms with Crippen molar-refractivity contribution in [1.82, 2.24) is 9.80 Å². The Morgan fingerprint density at radius 3 is 2.23 bits per heavy atom. The van der Waals surface area contributed by atoms with Gasteiger partial charge in [0, 0.05) is 12.5 Å². The summed E-state index contributed by atoms with van der Waals surface area (Å²) in [6.45, 7) is 2.81. The van der Waals surface area contributed by atoms with Gasteiger partial charge in [-0.1, -0.05) is 31.9 Å². The predicted molar refractivity (Wildman–Crippen MR) is 131 cm³/mol. The molecule has 1 saturated carbocycles. The van der Waals surface area contributed by atoms with E-state index in [0.717, 1.165) is 36.8 Å². The van der Waals surface area contributed by atoms with E-state index < -0.39 is 6.04 Å². The standard InChI is InChI=1S/C28H32N2O5/c1-17-8-4-5-9-19(17)26(31)29-13-12-18-14-24(34-2)25(35-3)15-22(18)23(29)16-30-27(32)20-10-6-7-11-21(20)28(30)33/h6-7,10-11,14-15,17,19,23H,4-5,8-9,12-13,16H2,1-3H3/t17-,19?,23?/m1/s1. The predicted octanol–water partition coefficient (Wildman–Crippen LogP) is 4.25. The zero-order valence-corrected chi connectivity index (χ0v) is 20.6. The Bertz CT molecular complexity index is 1140. The molecule has 2 unspecified atom stereocenters. The van der Waals surface area contributed by atoms with Crippen LogP contribution in [0.4, 0.5) is 0 Å². The highest BCUT2D eigenvalue weighted by Crippen LogP contribution is 2.41. The van der Waals surface area contributed by atoms with E-state index in [0.29, 0.717) is 41.5 Å². The minimum atomic E-state index is -0.442. The molecule has 0 aromatic heterocycles. The van der Waals surface area contributed by atoms with Crippen LogP contribution in [0.15, 0.2) is 36.4 Å². The van der Waals surface area contributed by atoms with Gasteiger partial charge in [-0.05, 0) is 60.6 Å². The van der Waals surface area contributed by atoms with Crippen LogP contribution in [-0.4, -0.2) is 54.8 Å². The van der Waals surface area contributed by atoms with Crippen LogP contribution in [0, 0.1) is 11.8 Å². The largest absolute Gasteiger partial charge is 0.493 e. The Morgan fingerprint density at radius 1 is 0.971 bits per heavy atom. The third-order valence-corrected chi connectivity index (χ3v) is 7.95. The Balaban J connectivity index is 1.54. The number of imide groups is 1. The number of carbonyl (C=O) groups is 3. The van der Waals surface area contributed by atoms with E-state index >= 15 is 0 Å². The highest BCUT2D eigenvalue weighted by molar-refractivity contribution is 6.21. The number of rotatable bonds is 5. The molecule has 3 amide bonds. The summed E-state index contributed by atoms with van der Waals surface area (Å²) in [5.41, 5.74) is 2.78. The van der Waals surface area contributed by atoms with Gasteiger partial charge in [0.15, 0.2) is 11.5 Å². The van der Waals surface area contributed by atoms with Gasteiger partial charge < -0.3 is 14.4 Å². The van der Waals surface area contributed by atoms with Crippen molar-refractivity contribution in [2.45, 2.75) is 45.1 Å². The van der Waals surface area contributed by atoms with Crippen LogP contribution >= 0.6 is 0 Å². The molecule has 0 spiro atoms. The van der Waals surface area contributed by atoms with Crippen LogP contribution in [0.1, 0.15) is 70.5 Å². The fourth-order valence-corrected chi connectivity index (χ4v) is 5.96. The second-order valence-electron chi connectivity index (χ2n) is 9.84. The normalized spacial score (nSPS) is 23.7. The molecule has 0 radical (unpaired) electrons.